The van der Waals surface area contributed by atoms with Gasteiger partial charge in [0, 0.05) is 22.3 Å². The minimum Gasteiger partial charge on any atom is -0.497 e. The Morgan fingerprint density at radius 3 is 1.27 bits per heavy atom. The normalized spacial score (nSPS) is 9.80. The number of benzene rings is 4. The average molecular weight is 388 g/mol. The van der Waals surface area contributed by atoms with E-state index in [9.17, 15) is 0 Å². The summed E-state index contributed by atoms with van der Waals surface area (Å²) in [5.74, 6) is 14.5. The van der Waals surface area contributed by atoms with Crippen molar-refractivity contribution >= 4 is 10.8 Å². The van der Waals surface area contributed by atoms with Crippen molar-refractivity contribution in [3.63, 3.8) is 0 Å². The molecule has 4 rings (SSSR count). The van der Waals surface area contributed by atoms with Crippen molar-refractivity contribution in [3.05, 3.63) is 107 Å². The molecular weight excluding hydrogens is 368 g/mol. The first-order chi connectivity index (χ1) is 14.7. The Balaban J connectivity index is 1.57. The number of methoxy groups -OCH3 is 2. The molecular formula is C28H20O2. The molecule has 144 valence electrons. The van der Waals surface area contributed by atoms with Crippen LogP contribution in [0.15, 0.2) is 84.9 Å². The molecule has 0 bridgehead atoms. The van der Waals surface area contributed by atoms with E-state index in [0.29, 0.717) is 0 Å². The zero-order chi connectivity index (χ0) is 20.8. The van der Waals surface area contributed by atoms with Crippen LogP contribution in [0.5, 0.6) is 11.5 Å². The van der Waals surface area contributed by atoms with Crippen LogP contribution >= 0.6 is 0 Å². The van der Waals surface area contributed by atoms with E-state index in [1.807, 2.05) is 60.7 Å². The molecule has 0 radical (unpaired) electrons. The summed E-state index contributed by atoms with van der Waals surface area (Å²) in [6, 6.07) is 28.0. The molecule has 0 aromatic heterocycles. The minimum atomic E-state index is 0.808. The Hall–Kier alpha value is -4.14. The van der Waals surface area contributed by atoms with Crippen LogP contribution in [-0.4, -0.2) is 14.2 Å². The molecule has 0 aliphatic carbocycles. The van der Waals surface area contributed by atoms with Crippen molar-refractivity contribution in [1.82, 2.24) is 0 Å². The van der Waals surface area contributed by atoms with E-state index in [0.717, 1.165) is 44.5 Å². The standard InChI is InChI=1S/C28H20O2/c1-29-27-7-3-5-21(19-27)9-11-23-13-15-26-18-24(14-16-25(26)17-23)12-10-22-6-4-8-28(20-22)30-2/h3-8,13-20H,1-2H3. The second-order valence-corrected chi connectivity index (χ2v) is 6.74. The van der Waals surface area contributed by atoms with Gasteiger partial charge in [-0.25, -0.2) is 0 Å². The van der Waals surface area contributed by atoms with Crippen LogP contribution in [0, 0.1) is 23.7 Å². The van der Waals surface area contributed by atoms with Crippen molar-refractivity contribution in [2.45, 2.75) is 0 Å². The van der Waals surface area contributed by atoms with Crippen LogP contribution < -0.4 is 9.47 Å². The number of ether oxygens (including phenoxy) is 2. The van der Waals surface area contributed by atoms with Crippen molar-refractivity contribution in [2.24, 2.45) is 0 Å². The average Bonchev–Trinajstić information content (AvgIpc) is 2.81. The second kappa shape index (κ2) is 8.91. The van der Waals surface area contributed by atoms with Crippen molar-refractivity contribution in [1.29, 1.82) is 0 Å². The molecule has 0 saturated carbocycles. The maximum absolute atomic E-state index is 5.25. The van der Waals surface area contributed by atoms with Gasteiger partial charge in [0.15, 0.2) is 0 Å². The van der Waals surface area contributed by atoms with Gasteiger partial charge in [-0.05, 0) is 71.4 Å². The van der Waals surface area contributed by atoms with Crippen LogP contribution in [0.1, 0.15) is 22.3 Å². The summed E-state index contributed by atoms with van der Waals surface area (Å²) in [7, 11) is 3.32. The molecule has 0 aliphatic heterocycles. The van der Waals surface area contributed by atoms with Crippen LogP contribution in [0.3, 0.4) is 0 Å². The predicted molar refractivity (Wildman–Crippen MR) is 122 cm³/mol. The van der Waals surface area contributed by atoms with Crippen LogP contribution in [0.4, 0.5) is 0 Å². The van der Waals surface area contributed by atoms with Crippen molar-refractivity contribution in [3.8, 4) is 35.2 Å². The maximum Gasteiger partial charge on any atom is 0.120 e. The molecule has 4 aromatic rings. The molecule has 2 heteroatoms. The molecule has 0 aliphatic rings. The molecule has 0 saturated heterocycles. The molecule has 0 atom stereocenters. The quantitative estimate of drug-likeness (QED) is 0.413. The Labute approximate surface area is 177 Å². The fourth-order valence-electron chi connectivity index (χ4n) is 3.09. The van der Waals surface area contributed by atoms with Crippen LogP contribution in [0.2, 0.25) is 0 Å². The minimum absolute atomic E-state index is 0.808. The summed E-state index contributed by atoms with van der Waals surface area (Å²) in [5, 5.41) is 2.28. The molecule has 0 N–H and O–H groups in total. The van der Waals surface area contributed by atoms with Gasteiger partial charge in [0.2, 0.25) is 0 Å². The molecule has 0 fully saturated rings. The van der Waals surface area contributed by atoms with E-state index in [1.54, 1.807) is 14.2 Å². The van der Waals surface area contributed by atoms with Gasteiger partial charge in [-0.2, -0.15) is 0 Å². The van der Waals surface area contributed by atoms with Gasteiger partial charge in [-0.3, -0.25) is 0 Å². The molecule has 30 heavy (non-hydrogen) atoms. The highest BCUT2D eigenvalue weighted by atomic mass is 16.5. The summed E-state index contributed by atoms with van der Waals surface area (Å²) in [6.07, 6.45) is 0. The SMILES string of the molecule is COc1cccc(C#Cc2ccc3cc(C#Cc4cccc(OC)c4)ccc3c2)c1. The molecule has 4 aromatic carbocycles. The zero-order valence-corrected chi connectivity index (χ0v) is 16.9. The third-order valence-electron chi connectivity index (χ3n) is 4.68. The fraction of sp³-hybridized carbons (Fsp3) is 0.0714. The summed E-state index contributed by atoms with van der Waals surface area (Å²) >= 11 is 0. The van der Waals surface area contributed by atoms with Crippen molar-refractivity contribution in [2.75, 3.05) is 14.2 Å². The van der Waals surface area contributed by atoms with E-state index >= 15 is 0 Å². The van der Waals surface area contributed by atoms with Crippen LogP contribution in [0.25, 0.3) is 10.8 Å². The van der Waals surface area contributed by atoms with E-state index in [4.69, 9.17) is 9.47 Å². The molecule has 0 amide bonds. The van der Waals surface area contributed by atoms with E-state index < -0.39 is 0 Å². The smallest absolute Gasteiger partial charge is 0.120 e. The van der Waals surface area contributed by atoms with E-state index in [2.05, 4.69) is 47.9 Å². The van der Waals surface area contributed by atoms with Gasteiger partial charge in [0.05, 0.1) is 14.2 Å². The number of hydrogen-bond donors (Lipinski definition) is 0. The van der Waals surface area contributed by atoms with Gasteiger partial charge in [0.25, 0.3) is 0 Å². The van der Waals surface area contributed by atoms with Gasteiger partial charge >= 0.3 is 0 Å². The first-order valence-corrected chi connectivity index (χ1v) is 9.59. The topological polar surface area (TPSA) is 18.5 Å². The highest BCUT2D eigenvalue weighted by Crippen LogP contribution is 2.18. The first kappa shape index (κ1) is 19.2. The lowest BCUT2D eigenvalue weighted by Gasteiger charge is -2.01. The zero-order valence-electron chi connectivity index (χ0n) is 16.9. The summed E-state index contributed by atoms with van der Waals surface area (Å²) in [6.45, 7) is 0. The van der Waals surface area contributed by atoms with Gasteiger partial charge in [-0.15, -0.1) is 0 Å². The van der Waals surface area contributed by atoms with Gasteiger partial charge < -0.3 is 9.47 Å². The third-order valence-corrected chi connectivity index (χ3v) is 4.68. The predicted octanol–water partition coefficient (Wildman–Crippen LogP) is 5.66. The Bertz CT molecular complexity index is 1220. The van der Waals surface area contributed by atoms with Crippen molar-refractivity contribution < 1.29 is 9.47 Å². The van der Waals surface area contributed by atoms with Gasteiger partial charge in [0.1, 0.15) is 11.5 Å². The Kier molecular flexibility index (Phi) is 5.70. The lowest BCUT2D eigenvalue weighted by molar-refractivity contribution is 0.414. The fourth-order valence-corrected chi connectivity index (χ4v) is 3.09. The molecule has 2 nitrogen and oxygen atoms in total. The highest BCUT2D eigenvalue weighted by molar-refractivity contribution is 5.85. The van der Waals surface area contributed by atoms with E-state index in [-0.39, 0.29) is 0 Å². The molecule has 0 heterocycles. The Morgan fingerprint density at radius 2 is 0.867 bits per heavy atom. The highest BCUT2D eigenvalue weighted by Gasteiger charge is 1.98. The summed E-state index contributed by atoms with van der Waals surface area (Å²) in [5.41, 5.74) is 3.80. The maximum atomic E-state index is 5.25. The lowest BCUT2D eigenvalue weighted by Crippen LogP contribution is -1.84. The summed E-state index contributed by atoms with van der Waals surface area (Å²) in [4.78, 5) is 0. The largest absolute Gasteiger partial charge is 0.497 e. The lowest BCUT2D eigenvalue weighted by atomic mass is 10.0. The van der Waals surface area contributed by atoms with E-state index in [1.165, 1.54) is 0 Å². The first-order valence-electron chi connectivity index (χ1n) is 9.59. The number of hydrogen-bond acceptors (Lipinski definition) is 2. The Morgan fingerprint density at radius 1 is 0.467 bits per heavy atom. The number of rotatable bonds is 2. The monoisotopic (exact) mass is 388 g/mol. The molecule has 0 spiro atoms. The third kappa shape index (κ3) is 4.64. The van der Waals surface area contributed by atoms with Crippen LogP contribution in [-0.2, 0) is 0 Å². The number of fused-ring (bicyclic) bond motifs is 1. The summed E-state index contributed by atoms with van der Waals surface area (Å²) < 4.78 is 10.5. The molecule has 0 unspecified atom stereocenters. The van der Waals surface area contributed by atoms with Gasteiger partial charge in [-0.1, -0.05) is 47.9 Å². The second-order valence-electron chi connectivity index (χ2n) is 6.74.